The Hall–Kier alpha value is -3.35. The Morgan fingerprint density at radius 2 is 2.13 bits per heavy atom. The number of halogens is 1. The van der Waals surface area contributed by atoms with Crippen molar-refractivity contribution in [2.24, 2.45) is 5.10 Å². The highest BCUT2D eigenvalue weighted by atomic mass is 19.1. The molecule has 7 heteroatoms. The van der Waals surface area contributed by atoms with Crippen molar-refractivity contribution >= 4 is 23.2 Å². The molecule has 0 aliphatic carbocycles. The third-order valence-electron chi connectivity index (χ3n) is 4.91. The maximum Gasteiger partial charge on any atom is 0.243 e. The summed E-state index contributed by atoms with van der Waals surface area (Å²) in [5, 5.41) is 10.1. The second-order valence-electron chi connectivity index (χ2n) is 7.24. The standard InChI is InChI=1S/C23H26FN5O/c1-5-18(13-19(24)6-2)22-11-12-25-29(22)23(30)10-7-16(3)14-28-15-21-20(27-28)9-8-17(4)26-21/h5-6,8-9,12-13,15,22H,1,3,7,10-11,14H2,2,4H3/b18-13+,19-6+. The lowest BCUT2D eigenvalue weighted by Gasteiger charge is -2.23. The van der Waals surface area contributed by atoms with Gasteiger partial charge in [-0.25, -0.2) is 14.4 Å². The van der Waals surface area contributed by atoms with Crippen LogP contribution in [-0.4, -0.2) is 37.9 Å². The smallest absolute Gasteiger partial charge is 0.243 e. The van der Waals surface area contributed by atoms with Crippen molar-refractivity contribution in [1.29, 1.82) is 0 Å². The molecule has 1 atom stereocenters. The van der Waals surface area contributed by atoms with Crippen LogP contribution in [0, 0.1) is 6.92 Å². The average Bonchev–Trinajstić information content (AvgIpc) is 3.36. The van der Waals surface area contributed by atoms with Gasteiger partial charge >= 0.3 is 0 Å². The van der Waals surface area contributed by atoms with Crippen molar-refractivity contribution in [1.82, 2.24) is 19.8 Å². The molecule has 0 radical (unpaired) electrons. The number of amides is 1. The van der Waals surface area contributed by atoms with Crippen molar-refractivity contribution < 1.29 is 9.18 Å². The van der Waals surface area contributed by atoms with Gasteiger partial charge in [-0.2, -0.15) is 10.2 Å². The van der Waals surface area contributed by atoms with Gasteiger partial charge in [-0.05, 0) is 44.1 Å². The van der Waals surface area contributed by atoms with E-state index >= 15 is 0 Å². The number of allylic oxidation sites excluding steroid dienone is 4. The number of aryl methyl sites for hydroxylation is 1. The molecule has 6 nitrogen and oxygen atoms in total. The summed E-state index contributed by atoms with van der Waals surface area (Å²) in [5.74, 6) is -0.500. The molecule has 2 aromatic rings. The van der Waals surface area contributed by atoms with Crippen LogP contribution >= 0.6 is 0 Å². The zero-order valence-electron chi connectivity index (χ0n) is 17.4. The second kappa shape index (κ2) is 9.43. The third-order valence-corrected chi connectivity index (χ3v) is 4.91. The van der Waals surface area contributed by atoms with Gasteiger partial charge in [-0.3, -0.25) is 9.48 Å². The zero-order chi connectivity index (χ0) is 21.7. The van der Waals surface area contributed by atoms with Gasteiger partial charge in [-0.1, -0.05) is 30.9 Å². The number of hydrazone groups is 1. The highest BCUT2D eigenvalue weighted by Crippen LogP contribution is 2.23. The van der Waals surface area contributed by atoms with Gasteiger partial charge in [-0.15, -0.1) is 0 Å². The first-order valence-corrected chi connectivity index (χ1v) is 9.89. The Balaban J connectivity index is 1.59. The molecule has 0 fully saturated rings. The van der Waals surface area contributed by atoms with E-state index in [4.69, 9.17) is 0 Å². The number of carbonyl (C=O) groups excluding carboxylic acids is 1. The van der Waals surface area contributed by atoms with Gasteiger partial charge in [0.2, 0.25) is 5.91 Å². The van der Waals surface area contributed by atoms with E-state index < -0.39 is 0 Å². The van der Waals surface area contributed by atoms with Crippen LogP contribution in [0.2, 0.25) is 0 Å². The van der Waals surface area contributed by atoms with E-state index in [2.05, 4.69) is 28.3 Å². The Morgan fingerprint density at radius 3 is 2.87 bits per heavy atom. The molecular formula is C23H26FN5O. The first-order chi connectivity index (χ1) is 14.4. The maximum absolute atomic E-state index is 13.7. The van der Waals surface area contributed by atoms with E-state index in [1.54, 1.807) is 23.9 Å². The molecule has 0 saturated heterocycles. The molecule has 1 aliphatic rings. The largest absolute Gasteiger partial charge is 0.273 e. The summed E-state index contributed by atoms with van der Waals surface area (Å²) in [4.78, 5) is 17.2. The molecule has 0 spiro atoms. The maximum atomic E-state index is 13.7. The summed E-state index contributed by atoms with van der Waals surface area (Å²) in [6, 6.07) is 3.53. The number of pyridine rings is 1. The van der Waals surface area contributed by atoms with E-state index in [0.29, 0.717) is 25.0 Å². The number of hydrogen-bond donors (Lipinski definition) is 0. The van der Waals surface area contributed by atoms with Crippen LogP contribution in [0.4, 0.5) is 4.39 Å². The Bertz CT molecular complexity index is 1060. The lowest BCUT2D eigenvalue weighted by atomic mass is 10.0. The molecule has 3 heterocycles. The molecule has 1 aliphatic heterocycles. The molecule has 2 aromatic heterocycles. The first kappa shape index (κ1) is 21.4. The summed E-state index contributed by atoms with van der Waals surface area (Å²) < 4.78 is 15.5. The molecule has 0 N–H and O–H groups in total. The highest BCUT2D eigenvalue weighted by Gasteiger charge is 2.28. The summed E-state index contributed by atoms with van der Waals surface area (Å²) in [5.41, 5.74) is 4.11. The van der Waals surface area contributed by atoms with Gasteiger partial charge in [0.15, 0.2) is 0 Å². The minimum atomic E-state index is -0.367. The van der Waals surface area contributed by atoms with Gasteiger partial charge in [0.05, 0.1) is 18.8 Å². The van der Waals surface area contributed by atoms with Crippen LogP contribution in [0.15, 0.2) is 71.8 Å². The predicted octanol–water partition coefficient (Wildman–Crippen LogP) is 4.65. The van der Waals surface area contributed by atoms with Gasteiger partial charge in [0, 0.05) is 24.8 Å². The quantitative estimate of drug-likeness (QED) is 0.473. The molecule has 156 valence electrons. The summed E-state index contributed by atoms with van der Waals surface area (Å²) in [6.45, 7) is 11.9. The number of carbonyl (C=O) groups is 1. The van der Waals surface area contributed by atoms with Gasteiger partial charge < -0.3 is 0 Å². The Labute approximate surface area is 175 Å². The second-order valence-corrected chi connectivity index (χ2v) is 7.24. The number of fused-ring (bicyclic) bond motifs is 1. The summed E-state index contributed by atoms with van der Waals surface area (Å²) in [7, 11) is 0. The topological polar surface area (TPSA) is 63.4 Å². The molecule has 1 amide bonds. The van der Waals surface area contributed by atoms with Crippen molar-refractivity contribution in [3.63, 3.8) is 0 Å². The lowest BCUT2D eigenvalue weighted by Crippen LogP contribution is -2.33. The van der Waals surface area contributed by atoms with E-state index in [1.807, 2.05) is 25.3 Å². The number of nitrogens with zero attached hydrogens (tertiary/aromatic N) is 5. The monoisotopic (exact) mass is 407 g/mol. The summed E-state index contributed by atoms with van der Waals surface area (Å²) in [6.07, 6.45) is 9.19. The summed E-state index contributed by atoms with van der Waals surface area (Å²) >= 11 is 0. The molecule has 1 unspecified atom stereocenters. The van der Waals surface area contributed by atoms with E-state index in [0.717, 1.165) is 22.3 Å². The fraction of sp³-hybridized carbons (Fsp3) is 0.304. The molecule has 3 rings (SSSR count). The third kappa shape index (κ3) is 4.97. The van der Waals surface area contributed by atoms with Crippen LogP contribution < -0.4 is 0 Å². The van der Waals surface area contributed by atoms with Crippen LogP contribution in [0.5, 0.6) is 0 Å². The minimum absolute atomic E-state index is 0.133. The number of aromatic nitrogens is 3. The zero-order valence-corrected chi connectivity index (χ0v) is 17.4. The SMILES string of the molecule is C=C/C(=C\C(F)=C/C)C1CC=NN1C(=O)CCC(=C)Cn1cc2nc(C)ccc2n1. The number of rotatable bonds is 8. The van der Waals surface area contributed by atoms with Crippen LogP contribution in [0.3, 0.4) is 0 Å². The van der Waals surface area contributed by atoms with Gasteiger partial charge in [0.25, 0.3) is 0 Å². The van der Waals surface area contributed by atoms with E-state index in [1.165, 1.54) is 17.2 Å². The van der Waals surface area contributed by atoms with Crippen LogP contribution in [-0.2, 0) is 11.3 Å². The number of hydrogen-bond acceptors (Lipinski definition) is 4. The molecule has 0 bridgehead atoms. The van der Waals surface area contributed by atoms with Crippen molar-refractivity contribution in [2.75, 3.05) is 0 Å². The van der Waals surface area contributed by atoms with Crippen LogP contribution in [0.25, 0.3) is 11.0 Å². The minimum Gasteiger partial charge on any atom is -0.273 e. The Kier molecular flexibility index (Phi) is 6.72. The lowest BCUT2D eigenvalue weighted by molar-refractivity contribution is -0.132. The predicted molar refractivity (Wildman–Crippen MR) is 118 cm³/mol. The van der Waals surface area contributed by atoms with Crippen molar-refractivity contribution in [2.45, 2.75) is 45.7 Å². The molecule has 0 aromatic carbocycles. The van der Waals surface area contributed by atoms with E-state index in [-0.39, 0.29) is 24.2 Å². The fourth-order valence-corrected chi connectivity index (χ4v) is 3.31. The van der Waals surface area contributed by atoms with Crippen LogP contribution in [0.1, 0.15) is 31.9 Å². The average molecular weight is 407 g/mol. The molecule has 30 heavy (non-hydrogen) atoms. The first-order valence-electron chi connectivity index (χ1n) is 9.89. The fourth-order valence-electron chi connectivity index (χ4n) is 3.31. The van der Waals surface area contributed by atoms with Crippen molar-refractivity contribution in [3.8, 4) is 0 Å². The van der Waals surface area contributed by atoms with Gasteiger partial charge in [0.1, 0.15) is 16.9 Å². The van der Waals surface area contributed by atoms with E-state index in [9.17, 15) is 9.18 Å². The molecular weight excluding hydrogens is 381 g/mol. The normalized spacial score (nSPS) is 17.0. The molecule has 0 saturated carbocycles. The van der Waals surface area contributed by atoms with Crippen molar-refractivity contribution in [3.05, 3.63) is 72.4 Å². The Morgan fingerprint density at radius 1 is 1.33 bits per heavy atom. The highest BCUT2D eigenvalue weighted by molar-refractivity contribution is 5.80.